The van der Waals surface area contributed by atoms with E-state index in [-0.39, 0.29) is 5.91 Å². The van der Waals surface area contributed by atoms with Crippen LogP contribution in [-0.2, 0) is 0 Å². The second kappa shape index (κ2) is 5.88. The van der Waals surface area contributed by atoms with Crippen LogP contribution >= 0.6 is 0 Å². The molecule has 1 aromatic carbocycles. The van der Waals surface area contributed by atoms with Gasteiger partial charge in [0.25, 0.3) is 5.91 Å². The van der Waals surface area contributed by atoms with Crippen LogP contribution in [0.25, 0.3) is 5.69 Å². The van der Waals surface area contributed by atoms with Crippen molar-refractivity contribution in [2.45, 2.75) is 32.9 Å². The molecule has 1 N–H and O–H groups in total. The number of hydrogen-bond acceptors (Lipinski definition) is 4. The minimum absolute atomic E-state index is 0.0564. The number of benzene rings is 1. The van der Waals surface area contributed by atoms with Crippen LogP contribution in [0.1, 0.15) is 29.9 Å². The van der Waals surface area contributed by atoms with Crippen molar-refractivity contribution in [3.63, 3.8) is 0 Å². The molecule has 3 rings (SSSR count). The van der Waals surface area contributed by atoms with Crippen molar-refractivity contribution >= 4 is 5.91 Å². The number of piperazine rings is 1. The first-order valence-electron chi connectivity index (χ1n) is 7.57. The van der Waals surface area contributed by atoms with Gasteiger partial charge < -0.3 is 10.2 Å². The summed E-state index contributed by atoms with van der Waals surface area (Å²) in [5.74, 6) is -0.0564. The van der Waals surface area contributed by atoms with E-state index in [9.17, 15) is 4.79 Å². The summed E-state index contributed by atoms with van der Waals surface area (Å²) < 4.78 is 1.65. The second-order valence-corrected chi connectivity index (χ2v) is 6.07. The van der Waals surface area contributed by atoms with Gasteiger partial charge in [0.2, 0.25) is 0 Å². The normalized spacial score (nSPS) is 21.9. The lowest BCUT2D eigenvalue weighted by atomic mass is 10.1. The fourth-order valence-electron chi connectivity index (χ4n) is 2.91. The standard InChI is InChI=1S/C16H21N5O/c1-11-5-4-6-14(7-11)21-10-15(18-19-21)16(22)20-8-12(2)17-13(3)9-20/h4-7,10,12-13,17H,8-9H2,1-3H3/t12-,13-/m0/s1. The van der Waals surface area contributed by atoms with Gasteiger partial charge in [0, 0.05) is 25.2 Å². The molecule has 0 radical (unpaired) electrons. The highest BCUT2D eigenvalue weighted by Crippen LogP contribution is 2.12. The van der Waals surface area contributed by atoms with E-state index >= 15 is 0 Å². The van der Waals surface area contributed by atoms with Gasteiger partial charge in [0.05, 0.1) is 11.9 Å². The summed E-state index contributed by atoms with van der Waals surface area (Å²) in [6.07, 6.45) is 1.70. The van der Waals surface area contributed by atoms with Crippen LogP contribution in [0.2, 0.25) is 0 Å². The molecule has 0 unspecified atom stereocenters. The molecule has 6 nitrogen and oxygen atoms in total. The van der Waals surface area contributed by atoms with Gasteiger partial charge in [0.15, 0.2) is 5.69 Å². The highest BCUT2D eigenvalue weighted by Gasteiger charge is 2.27. The molecule has 0 spiro atoms. The van der Waals surface area contributed by atoms with Gasteiger partial charge in [-0.1, -0.05) is 17.3 Å². The summed E-state index contributed by atoms with van der Waals surface area (Å²) in [7, 11) is 0. The first-order chi connectivity index (χ1) is 10.5. The molecule has 0 saturated carbocycles. The van der Waals surface area contributed by atoms with Crippen LogP contribution in [0.5, 0.6) is 0 Å². The van der Waals surface area contributed by atoms with Crippen LogP contribution < -0.4 is 5.32 Å². The zero-order valence-corrected chi connectivity index (χ0v) is 13.2. The summed E-state index contributed by atoms with van der Waals surface area (Å²) in [4.78, 5) is 14.4. The molecule has 1 aliphatic rings. The van der Waals surface area contributed by atoms with Gasteiger partial charge in [-0.15, -0.1) is 5.10 Å². The number of carbonyl (C=O) groups is 1. The molecule has 22 heavy (non-hydrogen) atoms. The van der Waals surface area contributed by atoms with E-state index in [0.29, 0.717) is 30.9 Å². The van der Waals surface area contributed by atoms with E-state index in [0.717, 1.165) is 11.3 Å². The number of nitrogens with one attached hydrogen (secondary N) is 1. The second-order valence-electron chi connectivity index (χ2n) is 6.07. The Labute approximate surface area is 130 Å². The minimum atomic E-state index is -0.0564. The van der Waals surface area contributed by atoms with Gasteiger partial charge in [-0.25, -0.2) is 4.68 Å². The molecule has 2 aromatic rings. The van der Waals surface area contributed by atoms with E-state index in [1.807, 2.05) is 36.1 Å². The zero-order chi connectivity index (χ0) is 15.7. The van der Waals surface area contributed by atoms with E-state index in [1.165, 1.54) is 0 Å². The third-order valence-electron chi connectivity index (χ3n) is 3.82. The van der Waals surface area contributed by atoms with E-state index in [2.05, 4.69) is 29.5 Å². The highest BCUT2D eigenvalue weighted by atomic mass is 16.2. The monoisotopic (exact) mass is 299 g/mol. The Morgan fingerprint density at radius 1 is 1.27 bits per heavy atom. The predicted octanol–water partition coefficient (Wildman–Crippen LogP) is 1.40. The number of aromatic nitrogens is 3. The lowest BCUT2D eigenvalue weighted by Gasteiger charge is -2.35. The number of aryl methyl sites for hydroxylation is 1. The molecule has 1 aromatic heterocycles. The van der Waals surface area contributed by atoms with Crippen molar-refractivity contribution in [2.75, 3.05) is 13.1 Å². The van der Waals surface area contributed by atoms with Crippen LogP contribution in [0.4, 0.5) is 0 Å². The van der Waals surface area contributed by atoms with Crippen molar-refractivity contribution in [1.29, 1.82) is 0 Å². The van der Waals surface area contributed by atoms with Crippen LogP contribution in [-0.4, -0.2) is 51.0 Å². The zero-order valence-electron chi connectivity index (χ0n) is 13.2. The van der Waals surface area contributed by atoms with Gasteiger partial charge in [-0.05, 0) is 38.5 Å². The van der Waals surface area contributed by atoms with Crippen LogP contribution in [0.15, 0.2) is 30.5 Å². The van der Waals surface area contributed by atoms with Gasteiger partial charge in [0.1, 0.15) is 0 Å². The smallest absolute Gasteiger partial charge is 0.276 e. The maximum absolute atomic E-state index is 12.6. The Hall–Kier alpha value is -2.21. The first-order valence-corrected chi connectivity index (χ1v) is 7.57. The van der Waals surface area contributed by atoms with Gasteiger partial charge in [-0.2, -0.15) is 0 Å². The van der Waals surface area contributed by atoms with Crippen molar-refractivity contribution in [3.05, 3.63) is 41.7 Å². The van der Waals surface area contributed by atoms with Crippen LogP contribution in [0, 0.1) is 6.92 Å². The fourth-order valence-corrected chi connectivity index (χ4v) is 2.91. The lowest BCUT2D eigenvalue weighted by Crippen LogP contribution is -2.55. The molecule has 1 fully saturated rings. The lowest BCUT2D eigenvalue weighted by molar-refractivity contribution is 0.0667. The molecule has 116 valence electrons. The average molecular weight is 299 g/mol. The maximum atomic E-state index is 12.6. The van der Waals surface area contributed by atoms with E-state index in [4.69, 9.17) is 0 Å². The highest BCUT2D eigenvalue weighted by molar-refractivity contribution is 5.92. The molecule has 0 aliphatic carbocycles. The van der Waals surface area contributed by atoms with Gasteiger partial charge in [-0.3, -0.25) is 4.79 Å². The van der Waals surface area contributed by atoms with Gasteiger partial charge >= 0.3 is 0 Å². The molecule has 1 saturated heterocycles. The van der Waals surface area contributed by atoms with E-state index < -0.39 is 0 Å². The number of rotatable bonds is 2. The maximum Gasteiger partial charge on any atom is 0.276 e. The SMILES string of the molecule is Cc1cccc(-n2cc(C(=O)N3C[C@H](C)N[C@@H](C)C3)nn2)c1. The summed E-state index contributed by atoms with van der Waals surface area (Å²) in [5.41, 5.74) is 2.45. The quantitative estimate of drug-likeness (QED) is 0.910. The topological polar surface area (TPSA) is 63.1 Å². The van der Waals surface area contributed by atoms with Crippen molar-refractivity contribution < 1.29 is 4.79 Å². The molecule has 2 atom stereocenters. The molecule has 1 aliphatic heterocycles. The molecule has 2 heterocycles. The Balaban J connectivity index is 1.80. The van der Waals surface area contributed by atoms with Crippen molar-refractivity contribution in [3.8, 4) is 5.69 Å². The largest absolute Gasteiger partial charge is 0.334 e. The predicted molar refractivity (Wildman–Crippen MR) is 84.1 cm³/mol. The first kappa shape index (κ1) is 14.7. The third-order valence-corrected chi connectivity index (χ3v) is 3.82. The Bertz CT molecular complexity index is 671. The summed E-state index contributed by atoms with van der Waals surface area (Å²) in [6, 6.07) is 8.53. The molecule has 0 bridgehead atoms. The van der Waals surface area contributed by atoms with Crippen LogP contribution in [0.3, 0.4) is 0 Å². The van der Waals surface area contributed by atoms with Crippen molar-refractivity contribution in [1.82, 2.24) is 25.2 Å². The number of nitrogens with zero attached hydrogens (tertiary/aromatic N) is 4. The minimum Gasteiger partial charge on any atom is -0.334 e. The Kier molecular flexibility index (Phi) is 3.94. The summed E-state index contributed by atoms with van der Waals surface area (Å²) >= 11 is 0. The Morgan fingerprint density at radius 2 is 2.00 bits per heavy atom. The summed E-state index contributed by atoms with van der Waals surface area (Å²) in [5, 5.41) is 11.6. The number of hydrogen-bond donors (Lipinski definition) is 1. The molecule has 6 heteroatoms. The summed E-state index contributed by atoms with van der Waals surface area (Å²) in [6.45, 7) is 7.58. The number of carbonyl (C=O) groups excluding carboxylic acids is 1. The van der Waals surface area contributed by atoms with E-state index in [1.54, 1.807) is 10.9 Å². The van der Waals surface area contributed by atoms with Crippen molar-refractivity contribution in [2.24, 2.45) is 0 Å². The molecular weight excluding hydrogens is 278 g/mol. The molecular formula is C16H21N5O. The molecule has 1 amide bonds. The third kappa shape index (κ3) is 3.01. The average Bonchev–Trinajstić information content (AvgIpc) is 2.95. The number of amides is 1. The Morgan fingerprint density at radius 3 is 2.68 bits per heavy atom. The fraction of sp³-hybridized carbons (Fsp3) is 0.438.